The van der Waals surface area contributed by atoms with Gasteiger partial charge in [0.1, 0.15) is 11.2 Å². The van der Waals surface area contributed by atoms with Crippen molar-refractivity contribution in [2.24, 2.45) is 0 Å². The van der Waals surface area contributed by atoms with Crippen LogP contribution in [0.1, 0.15) is 196 Å². The van der Waals surface area contributed by atoms with Crippen LogP contribution in [-0.4, -0.2) is 65.0 Å². The van der Waals surface area contributed by atoms with Crippen molar-refractivity contribution in [1.29, 1.82) is 0 Å². The maximum atomic E-state index is 11.5. The Hall–Kier alpha value is -1.20. The predicted molar refractivity (Wildman–Crippen MR) is 192 cm³/mol. The van der Waals surface area contributed by atoms with Crippen LogP contribution < -0.4 is 29.6 Å². The molecule has 0 unspecified atom stereocenters. The largest absolute Gasteiger partial charge is 1.00 e. The first-order chi connectivity index (χ1) is 22.2. The molecule has 11 heteroatoms. The Morgan fingerprint density at radius 3 is 0.837 bits per heavy atom. The molecule has 0 heterocycles. The number of carboxylic acid groups (broad SMARTS) is 1. The van der Waals surface area contributed by atoms with Crippen LogP contribution >= 0.6 is 0 Å². The third-order valence-corrected chi connectivity index (χ3v) is 7.10. The van der Waals surface area contributed by atoms with Gasteiger partial charge in [-0.05, 0) is 67.2 Å². The molecule has 0 aliphatic rings. The van der Waals surface area contributed by atoms with Crippen molar-refractivity contribution in [3.8, 4) is 0 Å². The van der Waals surface area contributed by atoms with E-state index in [9.17, 15) is 19.2 Å². The van der Waals surface area contributed by atoms with Crippen LogP contribution in [0.25, 0.3) is 0 Å². The molecule has 0 aromatic rings. The predicted octanol–water partition coefficient (Wildman–Crippen LogP) is 6.71. The van der Waals surface area contributed by atoms with Gasteiger partial charge in [0.15, 0.2) is 0 Å². The third-order valence-electron chi connectivity index (χ3n) is 7.10. The van der Waals surface area contributed by atoms with Crippen LogP contribution in [0.2, 0.25) is 0 Å². The van der Waals surface area contributed by atoms with Crippen molar-refractivity contribution < 1.29 is 78.6 Å². The van der Waals surface area contributed by atoms with Crippen LogP contribution in [0.3, 0.4) is 0 Å². The van der Waals surface area contributed by atoms with E-state index in [1.54, 1.807) is 0 Å². The van der Waals surface area contributed by atoms with Crippen molar-refractivity contribution in [1.82, 2.24) is 0 Å². The van der Waals surface area contributed by atoms with Crippen LogP contribution in [0.5, 0.6) is 0 Å². The minimum absolute atomic E-state index is 0. The standard InChI is InChI=1S/C19H36O4.C18H34O4.CH4O.Na.H2O/c1-19(2,3)23-18(21)16-14-12-10-8-6-5-7-9-11-13-15-17(20)22-4;1-18(2,3)22-17(21)15-13-11-9-7-5-4-6-8-10-12-14-16(19)20;1-2;;/h5-16H2,1-4H3;4-15H2,1-3H3,(H,19,20);2H,1H3;;1H2/q;;;+1;/p-1. The average Bonchev–Trinajstić information content (AvgIpc) is 2.97. The van der Waals surface area contributed by atoms with E-state index in [1.807, 2.05) is 41.5 Å². The summed E-state index contributed by atoms with van der Waals surface area (Å²) in [5.41, 5.74) is -0.741. The van der Waals surface area contributed by atoms with E-state index in [0.717, 1.165) is 64.9 Å². The maximum Gasteiger partial charge on any atom is 1.00 e. The number of aliphatic hydroxyl groups is 1. The van der Waals surface area contributed by atoms with Crippen LogP contribution in [0.15, 0.2) is 0 Å². The van der Waals surface area contributed by atoms with E-state index in [0.29, 0.717) is 25.7 Å². The van der Waals surface area contributed by atoms with Crippen molar-refractivity contribution >= 4 is 23.9 Å². The Labute approximate surface area is 322 Å². The maximum absolute atomic E-state index is 11.5. The Balaban J connectivity index is -0.000000241. The normalized spacial score (nSPS) is 10.6. The second kappa shape index (κ2) is 39.6. The molecule has 0 saturated carbocycles. The molecular formula is C38H75NaO10. The zero-order valence-electron chi connectivity index (χ0n) is 33.2. The van der Waals surface area contributed by atoms with E-state index in [4.69, 9.17) is 19.7 Å². The molecule has 0 amide bonds. The summed E-state index contributed by atoms with van der Waals surface area (Å²) in [6, 6.07) is 0. The van der Waals surface area contributed by atoms with Gasteiger partial charge in [0.05, 0.1) is 7.11 Å². The van der Waals surface area contributed by atoms with E-state index in [2.05, 4.69) is 4.74 Å². The van der Waals surface area contributed by atoms with Gasteiger partial charge in [-0.3, -0.25) is 19.2 Å². The second-order valence-corrected chi connectivity index (χ2v) is 14.2. The number of hydrogen-bond acceptors (Lipinski definition) is 9. The summed E-state index contributed by atoms with van der Waals surface area (Å²) in [5.74, 6) is -0.957. The number of esters is 3. The van der Waals surface area contributed by atoms with Gasteiger partial charge >= 0.3 is 53.4 Å². The molecule has 3 N–H and O–H groups in total. The number of carboxylic acids is 1. The summed E-state index contributed by atoms with van der Waals surface area (Å²) in [6.07, 6.45) is 24.5. The number of methoxy groups -OCH3 is 1. The molecule has 0 aromatic carbocycles. The number of aliphatic carboxylic acids is 1. The van der Waals surface area contributed by atoms with Gasteiger partial charge in [0, 0.05) is 32.8 Å². The fourth-order valence-corrected chi connectivity index (χ4v) is 4.80. The minimum Gasteiger partial charge on any atom is -0.870 e. The van der Waals surface area contributed by atoms with Crippen LogP contribution in [0.4, 0.5) is 0 Å². The molecule has 0 bridgehead atoms. The number of unbranched alkanes of at least 4 members (excludes halogenated alkanes) is 18. The fraction of sp³-hybridized carbons (Fsp3) is 0.895. The average molecular weight is 715 g/mol. The van der Waals surface area contributed by atoms with Crippen molar-refractivity contribution in [3.05, 3.63) is 0 Å². The molecular weight excluding hydrogens is 639 g/mol. The quantitative estimate of drug-likeness (QED) is 0.0425. The van der Waals surface area contributed by atoms with Gasteiger partial charge < -0.3 is 29.9 Å². The Morgan fingerprint density at radius 2 is 0.633 bits per heavy atom. The van der Waals surface area contributed by atoms with Gasteiger partial charge in [-0.15, -0.1) is 0 Å². The van der Waals surface area contributed by atoms with Gasteiger partial charge in [-0.1, -0.05) is 103 Å². The molecule has 10 nitrogen and oxygen atoms in total. The topological polar surface area (TPSA) is 166 Å². The molecule has 0 fully saturated rings. The number of ether oxygens (including phenoxy) is 3. The smallest absolute Gasteiger partial charge is 0.870 e. The van der Waals surface area contributed by atoms with E-state index < -0.39 is 5.97 Å². The third kappa shape index (κ3) is 56.4. The van der Waals surface area contributed by atoms with Crippen LogP contribution in [-0.2, 0) is 33.4 Å². The van der Waals surface area contributed by atoms with E-state index in [-0.39, 0.29) is 64.1 Å². The second-order valence-electron chi connectivity index (χ2n) is 14.2. The van der Waals surface area contributed by atoms with Crippen molar-refractivity contribution in [2.75, 3.05) is 14.2 Å². The molecule has 0 atom stereocenters. The van der Waals surface area contributed by atoms with E-state index >= 15 is 0 Å². The number of carbonyl (C=O) groups excluding carboxylic acids is 3. The Kier molecular flexibility index (Phi) is 46.2. The fourth-order valence-electron chi connectivity index (χ4n) is 4.80. The van der Waals surface area contributed by atoms with Crippen LogP contribution in [0, 0.1) is 0 Å². The minimum atomic E-state index is -0.689. The summed E-state index contributed by atoms with van der Waals surface area (Å²) >= 11 is 0. The first-order valence-corrected chi connectivity index (χ1v) is 18.3. The molecule has 0 aromatic heterocycles. The van der Waals surface area contributed by atoms with Gasteiger partial charge in [-0.2, -0.15) is 0 Å². The van der Waals surface area contributed by atoms with Crippen molar-refractivity contribution in [2.45, 2.75) is 207 Å². The molecule has 0 saturated heterocycles. The van der Waals surface area contributed by atoms with Gasteiger partial charge in [0.25, 0.3) is 0 Å². The van der Waals surface area contributed by atoms with Gasteiger partial charge in [-0.25, -0.2) is 0 Å². The summed E-state index contributed by atoms with van der Waals surface area (Å²) in [4.78, 5) is 44.3. The zero-order valence-corrected chi connectivity index (χ0v) is 35.2. The Bertz CT molecular complexity index is 761. The number of carbonyl (C=O) groups is 4. The number of hydrogen-bond donors (Lipinski definition) is 2. The van der Waals surface area contributed by atoms with Crippen molar-refractivity contribution in [3.63, 3.8) is 0 Å². The van der Waals surface area contributed by atoms with Gasteiger partial charge in [0.2, 0.25) is 0 Å². The summed E-state index contributed by atoms with van der Waals surface area (Å²) in [5, 5.41) is 15.5. The Morgan fingerprint density at radius 1 is 0.429 bits per heavy atom. The summed E-state index contributed by atoms with van der Waals surface area (Å²) < 4.78 is 15.2. The molecule has 0 aliphatic heterocycles. The molecule has 0 spiro atoms. The van der Waals surface area contributed by atoms with E-state index in [1.165, 1.54) is 77.7 Å². The number of rotatable bonds is 26. The molecule has 49 heavy (non-hydrogen) atoms. The zero-order chi connectivity index (χ0) is 36.4. The first kappa shape index (κ1) is 57.2. The first-order valence-electron chi connectivity index (χ1n) is 18.3. The molecule has 0 radical (unpaired) electrons. The molecule has 0 aliphatic carbocycles. The summed E-state index contributed by atoms with van der Waals surface area (Å²) in [6.45, 7) is 11.4. The monoisotopic (exact) mass is 715 g/mol. The molecule has 0 rings (SSSR count). The molecule has 288 valence electrons. The summed E-state index contributed by atoms with van der Waals surface area (Å²) in [7, 11) is 2.44. The SMILES string of the molecule is CC(C)(C)OC(=O)CCCCCCCCCCCCC(=O)O.CO.COC(=O)CCCCCCCCCCCCC(=O)OC(C)(C)C.[Na+].[OH-]. The number of aliphatic hydroxyl groups excluding tert-OH is 1.